The summed E-state index contributed by atoms with van der Waals surface area (Å²) in [4.78, 5) is 11.5. The number of carbonyl (C=O) groups excluding carboxylic acids is 1. The van der Waals surface area contributed by atoms with Crippen LogP contribution in [0.25, 0.3) is 6.08 Å². The van der Waals surface area contributed by atoms with Gasteiger partial charge in [-0.2, -0.15) is 0 Å². The molecule has 0 amide bonds. The summed E-state index contributed by atoms with van der Waals surface area (Å²) >= 11 is 0. The van der Waals surface area contributed by atoms with Gasteiger partial charge in [0.15, 0.2) is 5.78 Å². The Morgan fingerprint density at radius 3 is 1.98 bits per heavy atom. The van der Waals surface area contributed by atoms with Crippen LogP contribution in [0.3, 0.4) is 0 Å². The molecule has 2 aromatic rings. The number of hydrogen-bond donors (Lipinski definition) is 4. The lowest BCUT2D eigenvalue weighted by atomic mass is 9.94. The maximum absolute atomic E-state index is 11.5. The third-order valence-corrected chi connectivity index (χ3v) is 6.68. The van der Waals surface area contributed by atoms with Crippen LogP contribution < -0.4 is 22.5 Å². The number of allylic oxidation sites excluding steroid dienone is 3. The Kier molecular flexibility index (Phi) is 42.0. The molecule has 0 radical (unpaired) electrons. The molecule has 0 saturated heterocycles. The van der Waals surface area contributed by atoms with Crippen LogP contribution in [0.15, 0.2) is 89.7 Å². The zero-order chi connectivity index (χ0) is 38.5. The van der Waals surface area contributed by atoms with Crippen molar-refractivity contribution >= 4 is 11.9 Å². The molecule has 0 aliphatic carbocycles. The maximum atomic E-state index is 11.5. The molecule has 6 heteroatoms. The van der Waals surface area contributed by atoms with Gasteiger partial charge in [-0.1, -0.05) is 134 Å². The molecular formula is C43H76N4O2. The van der Waals surface area contributed by atoms with Crippen molar-refractivity contribution in [3.05, 3.63) is 112 Å². The first kappa shape index (κ1) is 52.5. The van der Waals surface area contributed by atoms with Gasteiger partial charge in [0.2, 0.25) is 0 Å². The van der Waals surface area contributed by atoms with E-state index in [2.05, 4.69) is 95.1 Å². The lowest BCUT2D eigenvalue weighted by Gasteiger charge is -2.11. The predicted molar refractivity (Wildman–Crippen MR) is 221 cm³/mol. The van der Waals surface area contributed by atoms with Gasteiger partial charge >= 0.3 is 0 Å². The lowest BCUT2D eigenvalue weighted by Crippen LogP contribution is -2.18. The fourth-order valence-corrected chi connectivity index (χ4v) is 4.18. The molecule has 0 aliphatic rings. The van der Waals surface area contributed by atoms with Crippen molar-refractivity contribution in [1.82, 2.24) is 5.32 Å². The van der Waals surface area contributed by atoms with Crippen LogP contribution >= 0.6 is 0 Å². The van der Waals surface area contributed by atoms with Gasteiger partial charge in [0.1, 0.15) is 0 Å². The molecule has 2 rings (SSSR count). The molecule has 0 unspecified atom stereocenters. The van der Waals surface area contributed by atoms with Crippen molar-refractivity contribution in [3.63, 3.8) is 0 Å². The highest BCUT2D eigenvalue weighted by Gasteiger charge is 2.07. The number of ether oxygens (including phenoxy) is 1. The van der Waals surface area contributed by atoms with Gasteiger partial charge in [-0.05, 0) is 87.4 Å². The van der Waals surface area contributed by atoms with Gasteiger partial charge in [-0.3, -0.25) is 4.79 Å². The SMILES string of the molecule is C/C=C\c1cc(CC)ccc1C(C)C.CC.CC.CCOC/C(C)=C/C=C(/CC)CCN.CN.CN/C=C(\Cc1ccccc1)C(=O)CN. The highest BCUT2D eigenvalue weighted by Crippen LogP contribution is 2.22. The molecule has 49 heavy (non-hydrogen) atoms. The normalized spacial score (nSPS) is 10.9. The summed E-state index contributed by atoms with van der Waals surface area (Å²) in [7, 11) is 3.27. The number of aryl methyl sites for hydroxylation is 1. The summed E-state index contributed by atoms with van der Waals surface area (Å²) in [6.45, 7) is 25.3. The van der Waals surface area contributed by atoms with E-state index in [-0.39, 0.29) is 12.3 Å². The second-order valence-corrected chi connectivity index (χ2v) is 10.6. The van der Waals surface area contributed by atoms with Gasteiger partial charge in [0.05, 0.1) is 13.2 Å². The number of carbonyl (C=O) groups is 1. The smallest absolute Gasteiger partial charge is 0.174 e. The Hall–Kier alpha value is -3.29. The number of ketones is 1. The van der Waals surface area contributed by atoms with Gasteiger partial charge in [-0.15, -0.1) is 0 Å². The van der Waals surface area contributed by atoms with Gasteiger partial charge in [0, 0.05) is 31.8 Å². The summed E-state index contributed by atoms with van der Waals surface area (Å²) in [6.07, 6.45) is 14.1. The molecule has 0 aromatic heterocycles. The lowest BCUT2D eigenvalue weighted by molar-refractivity contribution is -0.114. The van der Waals surface area contributed by atoms with E-state index >= 15 is 0 Å². The highest BCUT2D eigenvalue weighted by atomic mass is 16.5. The van der Waals surface area contributed by atoms with Crippen molar-refractivity contribution in [2.45, 2.75) is 108 Å². The minimum absolute atomic E-state index is 0.0202. The molecule has 6 nitrogen and oxygen atoms in total. The van der Waals surface area contributed by atoms with E-state index in [1.807, 2.05) is 65.0 Å². The van der Waals surface area contributed by atoms with E-state index in [9.17, 15) is 4.79 Å². The fraction of sp³-hybridized carbons (Fsp3) is 0.512. The summed E-state index contributed by atoms with van der Waals surface area (Å²) in [5.41, 5.74) is 24.1. The first-order valence-corrected chi connectivity index (χ1v) is 18.3. The Morgan fingerprint density at radius 2 is 1.53 bits per heavy atom. The van der Waals surface area contributed by atoms with Crippen LogP contribution in [-0.2, 0) is 22.4 Å². The van der Waals surface area contributed by atoms with Crippen LogP contribution in [0, 0.1) is 0 Å². The molecule has 2 aromatic carbocycles. The minimum Gasteiger partial charge on any atom is -0.394 e. The Labute approximate surface area is 303 Å². The van der Waals surface area contributed by atoms with Crippen molar-refractivity contribution < 1.29 is 9.53 Å². The summed E-state index contributed by atoms with van der Waals surface area (Å²) in [5, 5.41) is 2.86. The number of nitrogens with one attached hydrogen (secondary N) is 1. The van der Waals surface area contributed by atoms with E-state index < -0.39 is 0 Å². The third kappa shape index (κ3) is 28.3. The minimum atomic E-state index is -0.0202. The second kappa shape index (κ2) is 39.2. The summed E-state index contributed by atoms with van der Waals surface area (Å²) < 4.78 is 5.30. The molecule has 7 N–H and O–H groups in total. The molecule has 0 saturated carbocycles. The first-order chi connectivity index (χ1) is 23.7. The van der Waals surface area contributed by atoms with Crippen LogP contribution in [0.5, 0.6) is 0 Å². The summed E-state index contributed by atoms with van der Waals surface area (Å²) in [5.74, 6) is 0.584. The Morgan fingerprint density at radius 1 is 0.918 bits per heavy atom. The van der Waals surface area contributed by atoms with E-state index in [0.717, 1.165) is 44.6 Å². The molecule has 0 fully saturated rings. The zero-order valence-corrected chi connectivity index (χ0v) is 33.8. The van der Waals surface area contributed by atoms with E-state index in [1.54, 1.807) is 13.2 Å². The van der Waals surface area contributed by atoms with Crippen molar-refractivity contribution in [1.29, 1.82) is 0 Å². The molecule has 0 spiro atoms. The Bertz CT molecular complexity index is 1150. The monoisotopic (exact) mass is 681 g/mol. The number of hydrogen-bond acceptors (Lipinski definition) is 6. The van der Waals surface area contributed by atoms with Crippen LogP contribution in [0.2, 0.25) is 0 Å². The topological polar surface area (TPSA) is 116 Å². The fourth-order valence-electron chi connectivity index (χ4n) is 4.18. The van der Waals surface area contributed by atoms with E-state index in [1.165, 1.54) is 34.9 Å². The number of rotatable bonds is 15. The van der Waals surface area contributed by atoms with Crippen LogP contribution in [-0.4, -0.2) is 46.2 Å². The molecule has 0 atom stereocenters. The zero-order valence-electron chi connectivity index (χ0n) is 33.8. The number of Topliss-reactive ketones (excluding diaryl/α,β-unsaturated/α-hetero) is 1. The van der Waals surface area contributed by atoms with Crippen molar-refractivity contribution in [3.8, 4) is 0 Å². The van der Waals surface area contributed by atoms with Crippen LogP contribution in [0.1, 0.15) is 117 Å². The molecule has 0 heterocycles. The second-order valence-electron chi connectivity index (χ2n) is 10.6. The van der Waals surface area contributed by atoms with Gasteiger partial charge < -0.3 is 27.3 Å². The summed E-state index contributed by atoms with van der Waals surface area (Å²) in [6, 6.07) is 16.7. The van der Waals surface area contributed by atoms with E-state index in [0.29, 0.717) is 17.9 Å². The van der Waals surface area contributed by atoms with Crippen molar-refractivity contribution in [2.75, 3.05) is 40.4 Å². The van der Waals surface area contributed by atoms with Gasteiger partial charge in [-0.25, -0.2) is 0 Å². The van der Waals surface area contributed by atoms with Gasteiger partial charge in [0.25, 0.3) is 0 Å². The predicted octanol–water partition coefficient (Wildman–Crippen LogP) is 9.55. The Balaban J connectivity index is -0.000000287. The third-order valence-electron chi connectivity index (χ3n) is 6.68. The molecule has 0 aliphatic heterocycles. The standard InChI is InChI=1S/C14H20.C12H16N2O.C12H23NO.2C2H6.CH5N/c1-5-7-13-10-12(6-2)8-9-14(13)11(3)4;1-14-9-11(12(15)8-13)7-10-5-3-2-4-6-10;1-4-12(8-9-13)7-6-11(3)10-14-5-2;3*1-2/h5,7-11H,6H2,1-4H3;2-6,9,14H,7-8,13H2,1H3;6-7H,4-5,8-10,13H2,1-3H3;2*1-2H3;2H2,1H3/b7-5-;11-9+;11-6+,12-7-;;;. The van der Waals surface area contributed by atoms with Crippen LogP contribution in [0.4, 0.5) is 0 Å². The van der Waals surface area contributed by atoms with Crippen molar-refractivity contribution in [2.24, 2.45) is 17.2 Å². The van der Waals surface area contributed by atoms with E-state index in [4.69, 9.17) is 16.2 Å². The largest absolute Gasteiger partial charge is 0.394 e. The molecule has 0 bridgehead atoms. The molecular weight excluding hydrogens is 604 g/mol. The average molecular weight is 681 g/mol. The quantitative estimate of drug-likeness (QED) is 0.110. The number of benzene rings is 2. The first-order valence-electron chi connectivity index (χ1n) is 18.3. The molecule has 280 valence electrons. The average Bonchev–Trinajstić information content (AvgIpc) is 3.15. The highest BCUT2D eigenvalue weighted by molar-refractivity contribution is 5.97. The number of nitrogens with two attached hydrogens (primary N) is 3. The maximum Gasteiger partial charge on any atom is 0.174 e.